The van der Waals surface area contributed by atoms with Crippen LogP contribution >= 0.6 is 11.3 Å². The van der Waals surface area contributed by atoms with E-state index in [4.69, 9.17) is 9.88 Å². The van der Waals surface area contributed by atoms with E-state index in [9.17, 15) is 8.42 Å². The first-order chi connectivity index (χ1) is 6.77. The van der Waals surface area contributed by atoms with Crippen molar-refractivity contribution in [3.05, 3.63) is 17.0 Å². The molecule has 0 saturated heterocycles. The summed E-state index contributed by atoms with van der Waals surface area (Å²) in [6, 6.07) is 1.57. The second kappa shape index (κ2) is 4.21. The van der Waals surface area contributed by atoms with Gasteiger partial charge in [0.25, 0.3) is 0 Å². The van der Waals surface area contributed by atoms with Crippen molar-refractivity contribution < 1.29 is 13.2 Å². The summed E-state index contributed by atoms with van der Waals surface area (Å²) >= 11 is 1.12. The number of hydrogen-bond acceptors (Lipinski definition) is 4. The fraction of sp³-hybridized carbons (Fsp3) is 0.556. The lowest BCUT2D eigenvalue weighted by atomic mass is 10.0. The third kappa shape index (κ3) is 3.01. The van der Waals surface area contributed by atoms with Crippen LogP contribution in [-0.4, -0.2) is 15.0 Å². The molecular formula is C9H15NO3S2. The first kappa shape index (κ1) is 12.6. The van der Waals surface area contributed by atoms with Crippen LogP contribution in [0.1, 0.15) is 26.3 Å². The van der Waals surface area contributed by atoms with E-state index >= 15 is 0 Å². The first-order valence-corrected chi connectivity index (χ1v) is 6.95. The molecule has 1 aromatic heterocycles. The maximum absolute atomic E-state index is 11.1. The van der Waals surface area contributed by atoms with Gasteiger partial charge in [-0.05, 0) is 37.8 Å². The van der Waals surface area contributed by atoms with Crippen LogP contribution in [0.25, 0.3) is 0 Å². The van der Waals surface area contributed by atoms with Gasteiger partial charge < -0.3 is 4.74 Å². The lowest BCUT2D eigenvalue weighted by Gasteiger charge is -2.23. The SMILES string of the molecule is CCOC(C)(C)c1csc(S(N)(=O)=O)c1. The van der Waals surface area contributed by atoms with Crippen molar-refractivity contribution in [3.8, 4) is 0 Å². The summed E-state index contributed by atoms with van der Waals surface area (Å²) < 4.78 is 27.8. The average Bonchev–Trinajstić information content (AvgIpc) is 2.50. The Morgan fingerprint density at radius 2 is 2.13 bits per heavy atom. The van der Waals surface area contributed by atoms with Crippen LogP contribution in [0.4, 0.5) is 0 Å². The van der Waals surface area contributed by atoms with Crippen LogP contribution in [0, 0.1) is 0 Å². The molecule has 0 radical (unpaired) electrons. The Kier molecular flexibility index (Phi) is 3.55. The largest absolute Gasteiger partial charge is 0.371 e. The molecule has 6 heteroatoms. The zero-order valence-electron chi connectivity index (χ0n) is 8.98. The predicted molar refractivity (Wildman–Crippen MR) is 60.3 cm³/mol. The molecule has 0 atom stereocenters. The normalized spacial score (nSPS) is 13.1. The fourth-order valence-corrected chi connectivity index (χ4v) is 2.99. The molecule has 1 rings (SSSR count). The molecule has 0 fully saturated rings. The lowest BCUT2D eigenvalue weighted by molar-refractivity contribution is -0.0137. The number of nitrogens with two attached hydrogens (primary N) is 1. The number of sulfonamides is 1. The van der Waals surface area contributed by atoms with Gasteiger partial charge in [0.15, 0.2) is 0 Å². The van der Waals surface area contributed by atoms with Crippen LogP contribution < -0.4 is 5.14 Å². The molecule has 2 N–H and O–H groups in total. The van der Waals surface area contributed by atoms with Crippen LogP contribution in [0.2, 0.25) is 0 Å². The van der Waals surface area contributed by atoms with Gasteiger partial charge in [-0.1, -0.05) is 0 Å². The summed E-state index contributed by atoms with van der Waals surface area (Å²) in [7, 11) is -3.59. The molecule has 1 aromatic rings. The van der Waals surface area contributed by atoms with Gasteiger partial charge in [0.05, 0.1) is 5.60 Å². The van der Waals surface area contributed by atoms with Gasteiger partial charge in [-0.25, -0.2) is 13.6 Å². The molecule has 0 spiro atoms. The van der Waals surface area contributed by atoms with E-state index in [0.29, 0.717) is 6.61 Å². The number of thiophene rings is 1. The second-order valence-electron chi connectivity index (χ2n) is 3.64. The molecular weight excluding hydrogens is 234 g/mol. The van der Waals surface area contributed by atoms with Crippen LogP contribution in [0.3, 0.4) is 0 Å². The smallest absolute Gasteiger partial charge is 0.247 e. The summed E-state index contributed by atoms with van der Waals surface area (Å²) in [4.78, 5) is 0. The molecule has 0 aliphatic carbocycles. The quantitative estimate of drug-likeness (QED) is 0.882. The molecule has 86 valence electrons. The average molecular weight is 249 g/mol. The fourth-order valence-electron chi connectivity index (χ4n) is 1.23. The Bertz CT molecular complexity index is 434. The maximum Gasteiger partial charge on any atom is 0.247 e. The zero-order valence-corrected chi connectivity index (χ0v) is 10.6. The van der Waals surface area contributed by atoms with Gasteiger partial charge >= 0.3 is 0 Å². The van der Waals surface area contributed by atoms with Crippen molar-refractivity contribution in [2.45, 2.75) is 30.6 Å². The molecule has 0 aromatic carbocycles. The van der Waals surface area contributed by atoms with Crippen LogP contribution in [0.15, 0.2) is 15.7 Å². The molecule has 0 amide bonds. The van der Waals surface area contributed by atoms with Crippen molar-refractivity contribution in [1.82, 2.24) is 0 Å². The topological polar surface area (TPSA) is 69.4 Å². The molecule has 0 saturated carbocycles. The molecule has 1 heterocycles. The van der Waals surface area contributed by atoms with E-state index in [-0.39, 0.29) is 4.21 Å². The third-order valence-electron chi connectivity index (χ3n) is 2.06. The Morgan fingerprint density at radius 3 is 2.53 bits per heavy atom. The van der Waals surface area contributed by atoms with E-state index < -0.39 is 15.6 Å². The van der Waals surface area contributed by atoms with Gasteiger partial charge in [0, 0.05) is 6.61 Å². The number of ether oxygens (including phenoxy) is 1. The third-order valence-corrected chi connectivity index (χ3v) is 4.44. The van der Waals surface area contributed by atoms with E-state index in [1.807, 2.05) is 20.8 Å². The van der Waals surface area contributed by atoms with Gasteiger partial charge in [0.2, 0.25) is 10.0 Å². The van der Waals surface area contributed by atoms with Crippen molar-refractivity contribution >= 4 is 21.4 Å². The summed E-state index contributed by atoms with van der Waals surface area (Å²) in [6.07, 6.45) is 0. The first-order valence-electron chi connectivity index (χ1n) is 4.53. The highest BCUT2D eigenvalue weighted by molar-refractivity contribution is 7.91. The number of hydrogen-bond donors (Lipinski definition) is 1. The minimum Gasteiger partial charge on any atom is -0.371 e. The summed E-state index contributed by atoms with van der Waals surface area (Å²) in [5, 5.41) is 6.79. The minimum absolute atomic E-state index is 0.172. The van der Waals surface area contributed by atoms with E-state index in [2.05, 4.69) is 0 Å². The summed E-state index contributed by atoms with van der Waals surface area (Å²) in [5.74, 6) is 0. The van der Waals surface area contributed by atoms with Gasteiger partial charge in [-0.15, -0.1) is 11.3 Å². The van der Waals surface area contributed by atoms with Crippen molar-refractivity contribution in [2.75, 3.05) is 6.61 Å². The Balaban J connectivity index is 3.04. The molecule has 4 nitrogen and oxygen atoms in total. The van der Waals surface area contributed by atoms with E-state index in [0.717, 1.165) is 16.9 Å². The van der Waals surface area contributed by atoms with E-state index in [1.54, 1.807) is 11.4 Å². The molecule has 0 aliphatic rings. The molecule has 0 unspecified atom stereocenters. The monoisotopic (exact) mass is 249 g/mol. The van der Waals surface area contributed by atoms with E-state index in [1.165, 1.54) is 0 Å². The van der Waals surface area contributed by atoms with Crippen molar-refractivity contribution in [3.63, 3.8) is 0 Å². The molecule has 0 aliphatic heterocycles. The summed E-state index contributed by atoms with van der Waals surface area (Å²) in [6.45, 7) is 6.26. The minimum atomic E-state index is -3.59. The molecule has 15 heavy (non-hydrogen) atoms. The summed E-state index contributed by atoms with van der Waals surface area (Å²) in [5.41, 5.74) is 0.354. The van der Waals surface area contributed by atoms with Crippen molar-refractivity contribution in [1.29, 1.82) is 0 Å². The van der Waals surface area contributed by atoms with Gasteiger partial charge in [-0.2, -0.15) is 0 Å². The Morgan fingerprint density at radius 1 is 1.53 bits per heavy atom. The lowest BCUT2D eigenvalue weighted by Crippen LogP contribution is -2.20. The molecule has 0 bridgehead atoms. The highest BCUT2D eigenvalue weighted by Gasteiger charge is 2.24. The van der Waals surface area contributed by atoms with Crippen LogP contribution in [0.5, 0.6) is 0 Å². The highest BCUT2D eigenvalue weighted by Crippen LogP contribution is 2.30. The Labute approximate surface area is 94.1 Å². The Hall–Kier alpha value is -0.430. The predicted octanol–water partition coefficient (Wildman–Crippen LogP) is 1.67. The highest BCUT2D eigenvalue weighted by atomic mass is 32.2. The number of rotatable bonds is 4. The van der Waals surface area contributed by atoms with Gasteiger partial charge in [-0.3, -0.25) is 0 Å². The maximum atomic E-state index is 11.1. The van der Waals surface area contributed by atoms with Gasteiger partial charge in [0.1, 0.15) is 4.21 Å². The zero-order chi connectivity index (χ0) is 11.7. The van der Waals surface area contributed by atoms with Crippen molar-refractivity contribution in [2.24, 2.45) is 5.14 Å². The standard InChI is InChI=1S/C9H15NO3S2/c1-4-13-9(2,3)7-5-8(14-6-7)15(10,11)12/h5-6H,4H2,1-3H3,(H2,10,11,12). The number of primary sulfonamides is 1. The van der Waals surface area contributed by atoms with Crippen LogP contribution in [-0.2, 0) is 20.4 Å². The second-order valence-corrected chi connectivity index (χ2v) is 6.34.